The van der Waals surface area contributed by atoms with E-state index in [0.717, 1.165) is 26.3 Å². The molecule has 0 saturated carbocycles. The second-order valence-corrected chi connectivity index (χ2v) is 9.97. The average Bonchev–Trinajstić information content (AvgIpc) is 3.29. The van der Waals surface area contributed by atoms with Crippen LogP contribution < -0.4 is 10.6 Å². The van der Waals surface area contributed by atoms with Crippen molar-refractivity contribution in [1.29, 1.82) is 0 Å². The predicted molar refractivity (Wildman–Crippen MR) is 144 cm³/mol. The van der Waals surface area contributed by atoms with Gasteiger partial charge in [0, 0.05) is 43.7 Å². The van der Waals surface area contributed by atoms with Crippen LogP contribution in [0.1, 0.15) is 27.7 Å². The van der Waals surface area contributed by atoms with Gasteiger partial charge in [0.05, 0.1) is 5.69 Å². The summed E-state index contributed by atoms with van der Waals surface area (Å²) < 4.78 is 27.2. The van der Waals surface area contributed by atoms with Gasteiger partial charge in [-0.25, -0.2) is 4.98 Å². The van der Waals surface area contributed by atoms with Crippen molar-refractivity contribution in [2.45, 2.75) is 58.3 Å². The summed E-state index contributed by atoms with van der Waals surface area (Å²) in [5.41, 5.74) is 1.54. The molecule has 0 bridgehead atoms. The summed E-state index contributed by atoms with van der Waals surface area (Å²) >= 11 is 12.7. The van der Waals surface area contributed by atoms with E-state index in [9.17, 15) is 19.2 Å². The fourth-order valence-electron chi connectivity index (χ4n) is 3.69. The number of nitrogens with one attached hydrogen (secondary N) is 2. The largest absolute Gasteiger partial charge is 0.463 e. The first-order valence-corrected chi connectivity index (χ1v) is 13.2. The Balaban J connectivity index is 1.83. The number of thiocarbonyl (C=S) groups is 1. The molecule has 0 amide bonds. The van der Waals surface area contributed by atoms with E-state index in [2.05, 4.69) is 15.6 Å². The number of thiazole rings is 1. The second-order valence-electron chi connectivity index (χ2n) is 8.26. The van der Waals surface area contributed by atoms with Crippen molar-refractivity contribution in [2.24, 2.45) is 0 Å². The van der Waals surface area contributed by atoms with Crippen LogP contribution in [0.2, 0.25) is 5.02 Å². The smallest absolute Gasteiger partial charge is 0.303 e. The lowest BCUT2D eigenvalue weighted by Gasteiger charge is -2.44. The number of halogens is 1. The average molecular weight is 600 g/mol. The van der Waals surface area contributed by atoms with Crippen molar-refractivity contribution in [1.82, 2.24) is 10.3 Å². The second kappa shape index (κ2) is 13.6. The normalized spacial score (nSPS) is 22.2. The Bertz CT molecular complexity index is 1220. The summed E-state index contributed by atoms with van der Waals surface area (Å²) in [6.07, 6.45) is -6.20. The van der Waals surface area contributed by atoms with E-state index in [1.807, 2.05) is 17.5 Å². The number of aromatic nitrogens is 1. The maximum atomic E-state index is 12.0. The predicted octanol–water partition coefficient (Wildman–Crippen LogP) is 2.83. The topological polar surface area (TPSA) is 151 Å². The van der Waals surface area contributed by atoms with Gasteiger partial charge in [-0.05, 0) is 24.4 Å². The fourth-order valence-corrected chi connectivity index (χ4v) is 4.82. The number of ether oxygens (including phenoxy) is 5. The standard InChI is InChI=1S/C24H26ClN3O9S2/c1-11(29)33-9-18-19(34-12(2)30)20(35-13(3)31)21(36-14(4)32)22(37-18)27-23(38)28-24-26-17(10-39-24)15-5-7-16(25)8-6-15/h5-8,10,18-22H,9H2,1-4H3,(H2,26,27,28,38)/t18-,19-,20+,21-,22-/m1/s1. The lowest BCUT2D eigenvalue weighted by atomic mass is 9.97. The van der Waals surface area contributed by atoms with Crippen LogP contribution in [0, 0.1) is 0 Å². The summed E-state index contributed by atoms with van der Waals surface area (Å²) in [7, 11) is 0. The van der Waals surface area contributed by atoms with E-state index in [0.29, 0.717) is 15.8 Å². The zero-order valence-corrected chi connectivity index (χ0v) is 23.7. The van der Waals surface area contributed by atoms with E-state index < -0.39 is 54.5 Å². The molecule has 0 aliphatic carbocycles. The molecule has 15 heteroatoms. The quantitative estimate of drug-likeness (QED) is 0.260. The van der Waals surface area contributed by atoms with E-state index in [4.69, 9.17) is 47.5 Å². The van der Waals surface area contributed by atoms with Gasteiger partial charge < -0.3 is 34.3 Å². The molecule has 0 unspecified atom stereocenters. The van der Waals surface area contributed by atoms with E-state index in [1.54, 1.807) is 12.1 Å². The zero-order chi connectivity index (χ0) is 28.7. The van der Waals surface area contributed by atoms with Crippen LogP contribution in [-0.2, 0) is 42.9 Å². The molecular weight excluding hydrogens is 574 g/mol. The van der Waals surface area contributed by atoms with Gasteiger partial charge in [0.2, 0.25) is 0 Å². The molecule has 1 aliphatic rings. The van der Waals surface area contributed by atoms with Gasteiger partial charge in [-0.15, -0.1) is 11.3 Å². The monoisotopic (exact) mass is 599 g/mol. The molecule has 3 rings (SSSR count). The molecule has 1 aromatic carbocycles. The van der Waals surface area contributed by atoms with Crippen LogP contribution in [0.5, 0.6) is 0 Å². The van der Waals surface area contributed by atoms with Crippen LogP contribution in [0.25, 0.3) is 11.3 Å². The number of benzene rings is 1. The van der Waals surface area contributed by atoms with E-state index in [-0.39, 0.29) is 11.7 Å². The number of esters is 4. The van der Waals surface area contributed by atoms with Gasteiger partial charge in [-0.2, -0.15) is 0 Å². The number of rotatable bonds is 8. The van der Waals surface area contributed by atoms with Crippen molar-refractivity contribution in [3.8, 4) is 11.3 Å². The van der Waals surface area contributed by atoms with Crippen molar-refractivity contribution in [3.05, 3.63) is 34.7 Å². The van der Waals surface area contributed by atoms with Crippen LogP contribution >= 0.6 is 35.2 Å². The summed E-state index contributed by atoms with van der Waals surface area (Å²) in [6, 6.07) is 7.16. The highest BCUT2D eigenvalue weighted by atomic mass is 35.5. The molecule has 2 aromatic rings. The number of carbonyl (C=O) groups excluding carboxylic acids is 4. The summed E-state index contributed by atoms with van der Waals surface area (Å²) in [5, 5.41) is 8.71. The van der Waals surface area contributed by atoms with Crippen molar-refractivity contribution < 1.29 is 42.9 Å². The summed E-state index contributed by atoms with van der Waals surface area (Å²) in [6.45, 7) is 4.27. The van der Waals surface area contributed by atoms with Gasteiger partial charge in [0.15, 0.2) is 34.8 Å². The molecule has 2 heterocycles. The highest BCUT2D eigenvalue weighted by Gasteiger charge is 2.52. The molecular formula is C24H26ClN3O9S2. The first-order chi connectivity index (χ1) is 18.4. The summed E-state index contributed by atoms with van der Waals surface area (Å²) in [5.74, 6) is -2.80. The Labute approximate surface area is 238 Å². The SMILES string of the molecule is CC(=O)OC[C@H]1O[C@@H](NC(=S)Nc2nc(-c3ccc(Cl)cc3)cs2)[C@H](OC(C)=O)[C@@H](OC(C)=O)[C@@H]1OC(C)=O. The first kappa shape index (κ1) is 30.2. The highest BCUT2D eigenvalue weighted by Crippen LogP contribution is 2.29. The Kier molecular flexibility index (Phi) is 10.6. The molecule has 39 heavy (non-hydrogen) atoms. The fraction of sp³-hybridized carbons (Fsp3) is 0.417. The molecule has 1 saturated heterocycles. The van der Waals surface area contributed by atoms with Gasteiger partial charge >= 0.3 is 23.9 Å². The lowest BCUT2D eigenvalue weighted by molar-refractivity contribution is -0.254. The minimum atomic E-state index is -1.32. The first-order valence-electron chi connectivity index (χ1n) is 11.5. The third kappa shape index (κ3) is 8.85. The minimum absolute atomic E-state index is 0.0351. The Morgan fingerprint density at radius 1 is 0.949 bits per heavy atom. The maximum Gasteiger partial charge on any atom is 0.303 e. The third-order valence-corrected chi connectivity index (χ3v) is 6.36. The number of hydrogen-bond acceptors (Lipinski definition) is 12. The van der Waals surface area contributed by atoms with Crippen LogP contribution in [0.4, 0.5) is 5.13 Å². The number of carbonyl (C=O) groups is 4. The van der Waals surface area contributed by atoms with Gasteiger partial charge in [0.1, 0.15) is 12.7 Å². The molecule has 5 atom stereocenters. The Morgan fingerprint density at radius 2 is 1.54 bits per heavy atom. The third-order valence-electron chi connectivity index (χ3n) is 5.13. The van der Waals surface area contributed by atoms with Crippen molar-refractivity contribution in [3.63, 3.8) is 0 Å². The maximum absolute atomic E-state index is 12.0. The molecule has 2 N–H and O–H groups in total. The zero-order valence-electron chi connectivity index (χ0n) is 21.3. The molecule has 1 aromatic heterocycles. The number of nitrogens with zero attached hydrogens (tertiary/aromatic N) is 1. The Morgan fingerprint density at radius 3 is 2.13 bits per heavy atom. The van der Waals surface area contributed by atoms with Gasteiger partial charge in [0.25, 0.3) is 0 Å². The molecule has 210 valence electrons. The lowest BCUT2D eigenvalue weighted by Crippen LogP contribution is -2.66. The molecule has 12 nitrogen and oxygen atoms in total. The molecule has 0 radical (unpaired) electrons. The number of hydrogen-bond donors (Lipinski definition) is 2. The molecule has 1 aliphatic heterocycles. The van der Waals surface area contributed by atoms with E-state index >= 15 is 0 Å². The minimum Gasteiger partial charge on any atom is -0.463 e. The van der Waals surface area contributed by atoms with Crippen LogP contribution in [0.15, 0.2) is 29.6 Å². The van der Waals surface area contributed by atoms with Crippen molar-refractivity contribution >= 4 is 69.3 Å². The molecule has 0 spiro atoms. The van der Waals surface area contributed by atoms with Crippen molar-refractivity contribution in [2.75, 3.05) is 11.9 Å². The highest BCUT2D eigenvalue weighted by molar-refractivity contribution is 7.80. The summed E-state index contributed by atoms with van der Waals surface area (Å²) in [4.78, 5) is 51.7. The van der Waals surface area contributed by atoms with Crippen LogP contribution in [0.3, 0.4) is 0 Å². The van der Waals surface area contributed by atoms with E-state index in [1.165, 1.54) is 18.3 Å². The Hall–Kier alpha value is -3.33. The van der Waals surface area contributed by atoms with Gasteiger partial charge in [-0.3, -0.25) is 19.2 Å². The molecule has 1 fully saturated rings. The number of anilines is 1. The van der Waals surface area contributed by atoms with Gasteiger partial charge in [-0.1, -0.05) is 23.7 Å². The van der Waals surface area contributed by atoms with Crippen LogP contribution in [-0.4, -0.2) is 71.2 Å².